The Balaban J connectivity index is 1.69. The average Bonchev–Trinajstić information content (AvgIpc) is 3.57. The van der Waals surface area contributed by atoms with Crippen molar-refractivity contribution in [2.75, 3.05) is 13.7 Å². The van der Waals surface area contributed by atoms with Crippen LogP contribution in [-0.4, -0.2) is 41.2 Å². The van der Waals surface area contributed by atoms with Crippen LogP contribution < -0.4 is 20.1 Å². The zero-order valence-electron chi connectivity index (χ0n) is 16.2. The molecule has 2 saturated carbocycles. The first-order valence-electron chi connectivity index (χ1n) is 9.73. The molecule has 0 saturated heterocycles. The second kappa shape index (κ2) is 8.10. The Morgan fingerprint density at radius 1 is 1.22 bits per heavy atom. The van der Waals surface area contributed by atoms with Crippen LogP contribution >= 0.6 is 0 Å². The highest BCUT2D eigenvalue weighted by molar-refractivity contribution is 5.90. The van der Waals surface area contributed by atoms with Gasteiger partial charge in [0, 0.05) is 13.0 Å². The number of hydrogen-bond acceptors (Lipinski definition) is 6. The summed E-state index contributed by atoms with van der Waals surface area (Å²) in [6.45, 7) is 4.30. The number of nitrogens with one attached hydrogen (secondary N) is 2. The molecule has 0 atom stereocenters. The van der Waals surface area contributed by atoms with Crippen LogP contribution in [0.3, 0.4) is 0 Å². The maximum atomic E-state index is 12.4. The summed E-state index contributed by atoms with van der Waals surface area (Å²) in [6, 6.07) is 0. The Hall–Kier alpha value is -2.38. The van der Waals surface area contributed by atoms with Gasteiger partial charge in [-0.15, -0.1) is 0 Å². The predicted octanol–water partition coefficient (Wildman–Crippen LogP) is 2.54. The summed E-state index contributed by atoms with van der Waals surface area (Å²) in [4.78, 5) is 33.3. The third kappa shape index (κ3) is 4.67. The van der Waals surface area contributed by atoms with Crippen LogP contribution in [0.15, 0.2) is 6.20 Å². The summed E-state index contributed by atoms with van der Waals surface area (Å²) in [5.41, 5.74) is -0.177. The molecule has 2 aliphatic rings. The molecule has 0 aromatic carbocycles. The van der Waals surface area contributed by atoms with E-state index in [1.54, 1.807) is 7.05 Å². The van der Waals surface area contributed by atoms with Gasteiger partial charge in [-0.1, -0.05) is 13.8 Å². The van der Waals surface area contributed by atoms with Gasteiger partial charge in [-0.05, 0) is 44.4 Å². The lowest BCUT2D eigenvalue weighted by Gasteiger charge is -2.30. The molecule has 2 fully saturated rings. The molecule has 2 amide bonds. The first-order valence-corrected chi connectivity index (χ1v) is 9.73. The number of nitrogens with zero attached hydrogens (tertiary/aromatic N) is 2. The van der Waals surface area contributed by atoms with E-state index in [0.717, 1.165) is 18.5 Å². The fourth-order valence-electron chi connectivity index (χ4n) is 3.00. The van der Waals surface area contributed by atoms with Gasteiger partial charge in [0.25, 0.3) is 0 Å². The highest BCUT2D eigenvalue weighted by Gasteiger charge is 2.37. The van der Waals surface area contributed by atoms with Gasteiger partial charge in [0.05, 0.1) is 12.8 Å². The highest BCUT2D eigenvalue weighted by Crippen LogP contribution is 2.43. The molecular weight excluding hydrogens is 348 g/mol. The summed E-state index contributed by atoms with van der Waals surface area (Å²) in [5.74, 6) is 1.25. The minimum atomic E-state index is -1.02. The first-order chi connectivity index (χ1) is 13.0. The van der Waals surface area contributed by atoms with Crippen LogP contribution in [0.2, 0.25) is 0 Å². The van der Waals surface area contributed by atoms with Gasteiger partial charge in [-0.25, -0.2) is 9.78 Å². The second-order valence-electron chi connectivity index (χ2n) is 7.31. The van der Waals surface area contributed by atoms with E-state index in [-0.39, 0.29) is 11.8 Å². The zero-order valence-corrected chi connectivity index (χ0v) is 16.2. The third-order valence-electron chi connectivity index (χ3n) is 5.27. The number of hydrogen-bond donors (Lipinski definition) is 2. The second-order valence-corrected chi connectivity index (χ2v) is 7.31. The standard InChI is InChI=1S/C19H28N4O4/c1-4-19(5-2,17(24)20-3)23-18(25)27-14-10-21-15(13-8-9-13)16(22-14)26-11-12-6-7-12/h10,12-13H,4-9,11H2,1-3H3,(H,20,24)(H,23,25). The van der Waals surface area contributed by atoms with Crippen molar-refractivity contribution in [3.05, 3.63) is 11.9 Å². The number of rotatable bonds is 9. The normalized spacial score (nSPS) is 16.6. The maximum Gasteiger partial charge on any atom is 0.414 e. The number of carbonyl (C=O) groups excluding carboxylic acids is 2. The molecule has 0 spiro atoms. The summed E-state index contributed by atoms with van der Waals surface area (Å²) in [6.07, 6.45) is 6.12. The lowest BCUT2D eigenvalue weighted by molar-refractivity contribution is -0.127. The van der Waals surface area contributed by atoms with Crippen LogP contribution in [0.4, 0.5) is 4.79 Å². The fourth-order valence-corrected chi connectivity index (χ4v) is 3.00. The Labute approximate surface area is 159 Å². The van der Waals surface area contributed by atoms with Crippen molar-refractivity contribution in [3.63, 3.8) is 0 Å². The van der Waals surface area contributed by atoms with Gasteiger partial charge in [-0.3, -0.25) is 4.79 Å². The van der Waals surface area contributed by atoms with E-state index in [1.807, 2.05) is 13.8 Å². The monoisotopic (exact) mass is 376 g/mol. The van der Waals surface area contributed by atoms with Crippen LogP contribution in [0, 0.1) is 5.92 Å². The third-order valence-corrected chi connectivity index (χ3v) is 5.27. The van der Waals surface area contributed by atoms with Crippen molar-refractivity contribution < 1.29 is 19.1 Å². The van der Waals surface area contributed by atoms with Gasteiger partial charge in [0.1, 0.15) is 11.2 Å². The summed E-state index contributed by atoms with van der Waals surface area (Å²) >= 11 is 0. The first kappa shape index (κ1) is 19.4. The van der Waals surface area contributed by atoms with E-state index in [2.05, 4.69) is 20.6 Å². The van der Waals surface area contributed by atoms with Crippen LogP contribution in [0.25, 0.3) is 0 Å². The smallest absolute Gasteiger partial charge is 0.414 e. The van der Waals surface area contributed by atoms with Crippen LogP contribution in [0.5, 0.6) is 11.8 Å². The Bertz CT molecular complexity index is 697. The molecule has 27 heavy (non-hydrogen) atoms. The lowest BCUT2D eigenvalue weighted by Crippen LogP contribution is -2.58. The molecule has 2 aliphatic carbocycles. The van der Waals surface area contributed by atoms with Gasteiger partial charge in [0.15, 0.2) is 0 Å². The SMILES string of the molecule is CCC(CC)(NC(=O)Oc1cnc(C2CC2)c(OCC2CC2)n1)C(=O)NC. The lowest BCUT2D eigenvalue weighted by atomic mass is 9.92. The van der Waals surface area contributed by atoms with Crippen LogP contribution in [0.1, 0.15) is 64.0 Å². The van der Waals surface area contributed by atoms with Crippen molar-refractivity contribution in [1.82, 2.24) is 20.6 Å². The van der Waals surface area contributed by atoms with Gasteiger partial charge >= 0.3 is 6.09 Å². The molecule has 1 heterocycles. The van der Waals surface area contributed by atoms with E-state index < -0.39 is 11.6 Å². The van der Waals surface area contributed by atoms with E-state index in [9.17, 15) is 9.59 Å². The molecule has 1 aromatic rings. The largest absolute Gasteiger partial charge is 0.476 e. The molecule has 3 rings (SSSR count). The fraction of sp³-hybridized carbons (Fsp3) is 0.684. The number of likely N-dealkylation sites (N-methyl/N-ethyl adjacent to an activating group) is 1. The van der Waals surface area contributed by atoms with Gasteiger partial charge in [-0.2, -0.15) is 4.98 Å². The Morgan fingerprint density at radius 2 is 1.93 bits per heavy atom. The Kier molecular flexibility index (Phi) is 5.82. The predicted molar refractivity (Wildman–Crippen MR) is 98.8 cm³/mol. The van der Waals surface area contributed by atoms with E-state index in [0.29, 0.717) is 37.2 Å². The van der Waals surface area contributed by atoms with Gasteiger partial charge in [0.2, 0.25) is 17.7 Å². The van der Waals surface area contributed by atoms with Crippen molar-refractivity contribution in [3.8, 4) is 11.8 Å². The number of amides is 2. The molecule has 8 heteroatoms. The topological polar surface area (TPSA) is 102 Å². The quantitative estimate of drug-likeness (QED) is 0.687. The Morgan fingerprint density at radius 3 is 2.48 bits per heavy atom. The van der Waals surface area contributed by atoms with Crippen LogP contribution in [-0.2, 0) is 4.79 Å². The number of aromatic nitrogens is 2. The molecular formula is C19H28N4O4. The van der Waals surface area contributed by atoms with Crippen molar-refractivity contribution in [2.45, 2.75) is 63.8 Å². The number of ether oxygens (including phenoxy) is 2. The van der Waals surface area contributed by atoms with Crippen molar-refractivity contribution in [2.24, 2.45) is 5.92 Å². The minimum absolute atomic E-state index is 0.0701. The van der Waals surface area contributed by atoms with Gasteiger partial charge < -0.3 is 20.1 Å². The summed E-state index contributed by atoms with van der Waals surface area (Å²) < 4.78 is 11.1. The zero-order chi connectivity index (χ0) is 19.4. The number of carbonyl (C=O) groups is 2. The molecule has 1 aromatic heterocycles. The highest BCUT2D eigenvalue weighted by atomic mass is 16.6. The molecule has 2 N–H and O–H groups in total. The molecule has 0 bridgehead atoms. The minimum Gasteiger partial charge on any atom is -0.476 e. The average molecular weight is 376 g/mol. The molecule has 0 aliphatic heterocycles. The summed E-state index contributed by atoms with van der Waals surface area (Å²) in [7, 11) is 1.54. The molecule has 8 nitrogen and oxygen atoms in total. The maximum absolute atomic E-state index is 12.4. The van der Waals surface area contributed by atoms with E-state index in [1.165, 1.54) is 19.0 Å². The molecule has 0 unspecified atom stereocenters. The van der Waals surface area contributed by atoms with E-state index in [4.69, 9.17) is 9.47 Å². The summed E-state index contributed by atoms with van der Waals surface area (Å²) in [5, 5.41) is 5.27. The van der Waals surface area contributed by atoms with Crippen molar-refractivity contribution >= 4 is 12.0 Å². The molecule has 0 radical (unpaired) electrons. The van der Waals surface area contributed by atoms with Crippen molar-refractivity contribution in [1.29, 1.82) is 0 Å². The van der Waals surface area contributed by atoms with E-state index >= 15 is 0 Å². The molecule has 148 valence electrons.